The van der Waals surface area contributed by atoms with E-state index in [9.17, 15) is 31.3 Å². The van der Waals surface area contributed by atoms with E-state index in [2.05, 4.69) is 30.9 Å². The van der Waals surface area contributed by atoms with Gasteiger partial charge < -0.3 is 39.1 Å². The van der Waals surface area contributed by atoms with E-state index in [1.54, 1.807) is 55.6 Å². The molecule has 2 aliphatic rings. The second kappa shape index (κ2) is 16.7. The Hall–Kier alpha value is -6.45. The van der Waals surface area contributed by atoms with Gasteiger partial charge in [-0.1, -0.05) is 37.6 Å². The van der Waals surface area contributed by atoms with Crippen molar-refractivity contribution >= 4 is 78.8 Å². The Morgan fingerprint density at radius 3 is 2.32 bits per heavy atom. The average Bonchev–Trinajstić information content (AvgIpc) is 3.22. The predicted octanol–water partition coefficient (Wildman–Crippen LogP) is 5.94. The van der Waals surface area contributed by atoms with Gasteiger partial charge in [0.15, 0.2) is 11.5 Å². The Bertz CT molecular complexity index is 2870. The van der Waals surface area contributed by atoms with Crippen LogP contribution in [0.1, 0.15) is 35.7 Å². The molecular weight excluding hydrogens is 817 g/mol. The van der Waals surface area contributed by atoms with Gasteiger partial charge in [-0.2, -0.15) is 27.6 Å². The Morgan fingerprint density at radius 1 is 0.850 bits per heavy atom. The molecule has 0 bridgehead atoms. The number of ether oxygens (including phenoxy) is 2. The van der Waals surface area contributed by atoms with E-state index in [4.69, 9.17) is 13.7 Å². The van der Waals surface area contributed by atoms with Gasteiger partial charge in [0.25, 0.3) is 15.7 Å². The summed E-state index contributed by atoms with van der Waals surface area (Å²) in [6.07, 6.45) is 1.73. The van der Waals surface area contributed by atoms with Crippen molar-refractivity contribution in [2.45, 2.75) is 24.7 Å². The quantitative estimate of drug-likeness (QED) is 0.0483. The van der Waals surface area contributed by atoms with Gasteiger partial charge in [-0.25, -0.2) is 0 Å². The highest BCUT2D eigenvalue weighted by molar-refractivity contribution is 7.86. The second-order valence-electron chi connectivity index (χ2n) is 13.8. The van der Waals surface area contributed by atoms with Gasteiger partial charge in [0.1, 0.15) is 10.6 Å². The van der Waals surface area contributed by atoms with E-state index in [0.717, 1.165) is 12.8 Å². The Labute approximate surface area is 345 Å². The van der Waals surface area contributed by atoms with Crippen LogP contribution in [-0.4, -0.2) is 79.9 Å². The highest BCUT2D eigenvalue weighted by Gasteiger charge is 2.30. The number of aromatic nitrogens is 4. The molecular formula is C40H38N8O10S2. The van der Waals surface area contributed by atoms with Crippen molar-refractivity contribution in [2.24, 2.45) is 7.05 Å². The summed E-state index contributed by atoms with van der Waals surface area (Å²) in [5, 5.41) is 9.72. The summed E-state index contributed by atoms with van der Waals surface area (Å²) in [5.41, 5.74) is 2.64. The van der Waals surface area contributed by atoms with E-state index >= 15 is 0 Å². The first-order valence-corrected chi connectivity index (χ1v) is 21.2. The van der Waals surface area contributed by atoms with Crippen molar-refractivity contribution in [1.82, 2.24) is 19.5 Å². The third-order valence-corrected chi connectivity index (χ3v) is 11.2. The molecule has 3 heterocycles. The fourth-order valence-electron chi connectivity index (χ4n) is 7.04. The number of rotatable bonds is 14. The van der Waals surface area contributed by atoms with Gasteiger partial charge >= 0.3 is 11.4 Å². The molecule has 0 amide bonds. The molecule has 8 rings (SSSR count). The number of pyridine rings is 1. The monoisotopic (exact) mass is 854 g/mol. The summed E-state index contributed by atoms with van der Waals surface area (Å²) in [5.74, 6) is 0.379. The molecule has 18 nitrogen and oxygen atoms in total. The van der Waals surface area contributed by atoms with Crippen LogP contribution in [0.3, 0.4) is 0 Å². The van der Waals surface area contributed by atoms with E-state index in [0.29, 0.717) is 66.3 Å². The number of benzene rings is 4. The zero-order valence-corrected chi connectivity index (χ0v) is 33.8. The van der Waals surface area contributed by atoms with Crippen LogP contribution >= 0.6 is 0 Å². The number of ketones is 1. The molecule has 0 radical (unpaired) electrons. The molecule has 310 valence electrons. The van der Waals surface area contributed by atoms with Crippen LogP contribution in [0.5, 0.6) is 11.5 Å². The summed E-state index contributed by atoms with van der Waals surface area (Å²) in [6, 6.07) is 20.4. The van der Waals surface area contributed by atoms with Crippen molar-refractivity contribution in [2.75, 3.05) is 53.8 Å². The molecule has 1 aliphatic heterocycles. The van der Waals surface area contributed by atoms with Crippen molar-refractivity contribution < 1.29 is 40.2 Å². The first kappa shape index (κ1) is 40.3. The van der Waals surface area contributed by atoms with Crippen molar-refractivity contribution in [3.63, 3.8) is 0 Å². The van der Waals surface area contributed by atoms with Crippen molar-refractivity contribution in [1.29, 1.82) is 0 Å². The first-order valence-electron chi connectivity index (χ1n) is 18.8. The molecule has 1 aliphatic carbocycles. The lowest BCUT2D eigenvalue weighted by molar-refractivity contribution is 0.104. The van der Waals surface area contributed by atoms with Gasteiger partial charge in [-0.3, -0.25) is 18.7 Å². The van der Waals surface area contributed by atoms with Crippen LogP contribution in [0.2, 0.25) is 0 Å². The summed E-state index contributed by atoms with van der Waals surface area (Å²) < 4.78 is 75.1. The number of anilines is 7. The van der Waals surface area contributed by atoms with Crippen LogP contribution in [-0.2, 0) is 33.3 Å². The lowest BCUT2D eigenvalue weighted by Gasteiger charge is -2.27. The minimum absolute atomic E-state index is 0.00627. The molecule has 4 aromatic carbocycles. The van der Waals surface area contributed by atoms with E-state index in [1.165, 1.54) is 34.9 Å². The molecule has 1 atom stereocenters. The third kappa shape index (κ3) is 8.23. The lowest BCUT2D eigenvalue weighted by atomic mass is 9.83. The molecule has 60 heavy (non-hydrogen) atoms. The minimum Gasteiger partial charge on any atom is -0.493 e. The van der Waals surface area contributed by atoms with Crippen molar-refractivity contribution in [3.05, 3.63) is 100 Å². The number of nitrogens with zero attached hydrogens (tertiary/aromatic N) is 5. The average molecular weight is 855 g/mol. The molecule has 2 aromatic heterocycles. The highest BCUT2D eigenvalue weighted by Crippen LogP contribution is 2.43. The van der Waals surface area contributed by atoms with Gasteiger partial charge in [0, 0.05) is 48.9 Å². The molecule has 6 aromatic rings. The fraction of sp³-hybridized carbons (Fsp3) is 0.225. The number of carbonyl (C=O) groups excluding carboxylic acids is 1. The van der Waals surface area contributed by atoms with E-state index in [-0.39, 0.29) is 63.3 Å². The number of carbonyl (C=O) groups is 1. The first-order chi connectivity index (χ1) is 28.9. The maximum atomic E-state index is 14.2. The SMILES string of the molecule is CCCCOc1ccc(Nc2nc(Nc3ccc(S(=O)(=O)O)c(Nc4ccc5c6c(cc(=O)n5C)-c5ccccc5C(=O)c46)c3)nc(N3CCOCC3)n2)c(OS(=O)O)c1. The van der Waals surface area contributed by atoms with Crippen LogP contribution < -0.4 is 35.3 Å². The molecule has 20 heteroatoms. The number of morpholine rings is 1. The number of hydrogen-bond donors (Lipinski definition) is 5. The summed E-state index contributed by atoms with van der Waals surface area (Å²) in [4.78, 5) is 42.3. The summed E-state index contributed by atoms with van der Waals surface area (Å²) in [6.45, 7) is 4.25. The van der Waals surface area contributed by atoms with Gasteiger partial charge in [0.2, 0.25) is 17.8 Å². The molecule has 5 N–H and O–H groups in total. The second-order valence-corrected chi connectivity index (χ2v) is 15.8. The van der Waals surface area contributed by atoms with Gasteiger partial charge in [-0.15, -0.1) is 0 Å². The number of fused-ring (bicyclic) bond motifs is 2. The largest absolute Gasteiger partial charge is 0.493 e. The molecule has 0 spiro atoms. The topological polar surface area (TPSA) is 236 Å². The maximum absolute atomic E-state index is 14.2. The van der Waals surface area contributed by atoms with Crippen molar-refractivity contribution in [3.8, 4) is 22.6 Å². The Balaban J connectivity index is 1.18. The third-order valence-electron chi connectivity index (χ3n) is 9.93. The highest BCUT2D eigenvalue weighted by atomic mass is 32.2. The molecule has 1 saturated heterocycles. The molecule has 1 fully saturated rings. The fourth-order valence-corrected chi connectivity index (χ4v) is 7.96. The maximum Gasteiger partial charge on any atom is 0.357 e. The number of hydrogen-bond acceptors (Lipinski definition) is 15. The van der Waals surface area contributed by atoms with Crippen LogP contribution in [0.15, 0.2) is 88.6 Å². The number of nitrogens with one attached hydrogen (secondary N) is 3. The normalized spacial score (nSPS) is 14.1. The van der Waals surface area contributed by atoms with E-state index in [1.807, 2.05) is 11.8 Å². The Morgan fingerprint density at radius 2 is 1.58 bits per heavy atom. The molecule has 0 saturated carbocycles. The number of unbranched alkanes of at least 4 members (excludes halogenated alkanes) is 1. The van der Waals surface area contributed by atoms with E-state index < -0.39 is 26.4 Å². The van der Waals surface area contributed by atoms with Crippen LogP contribution in [0.25, 0.3) is 22.0 Å². The minimum atomic E-state index is -4.81. The van der Waals surface area contributed by atoms with Gasteiger partial charge in [-0.05, 0) is 60.0 Å². The Kier molecular flexibility index (Phi) is 11.2. The zero-order chi connectivity index (χ0) is 42.1. The standard InChI is InChI=1S/C40H38N8O10S2/c1-3-4-17-57-24-10-11-28(32(21-24)58-59(51)52)43-39-44-38(45-40(46-39)48-15-18-56-19-16-48)41-23-9-14-33(60(53,54)55)30(20-23)42-29-12-13-31-35-27(22-34(49)47(31)2)25-7-5-6-8-26(25)37(50)36(29)35/h5-14,20-22,42H,3-4,15-19H2,1-2H3,(H,51,52)(H,53,54,55)(H2,41,43,44,45,46). The predicted molar refractivity (Wildman–Crippen MR) is 225 cm³/mol. The summed E-state index contributed by atoms with van der Waals surface area (Å²) >= 11 is -2.67. The van der Waals surface area contributed by atoms with Crippen LogP contribution in [0, 0.1) is 0 Å². The van der Waals surface area contributed by atoms with Crippen LogP contribution in [0.4, 0.5) is 40.6 Å². The lowest BCUT2D eigenvalue weighted by Crippen LogP contribution is -2.37. The molecule has 1 unspecified atom stereocenters. The number of aryl methyl sites for hydroxylation is 1. The summed E-state index contributed by atoms with van der Waals surface area (Å²) in [7, 11) is -3.21. The smallest absolute Gasteiger partial charge is 0.357 e. The zero-order valence-electron chi connectivity index (χ0n) is 32.2. The van der Waals surface area contributed by atoms with Gasteiger partial charge in [0.05, 0.1) is 48.0 Å².